The molecule has 0 aliphatic rings. The number of amides is 1. The van der Waals surface area contributed by atoms with Crippen molar-refractivity contribution in [1.29, 1.82) is 0 Å². The smallest absolute Gasteiger partial charge is 0.336 e. The van der Waals surface area contributed by atoms with Gasteiger partial charge in [-0.25, -0.2) is 4.39 Å². The van der Waals surface area contributed by atoms with Crippen LogP contribution < -0.4 is 0 Å². The Labute approximate surface area is 122 Å². The molecular weight excluding hydrogens is 306 g/mol. The summed E-state index contributed by atoms with van der Waals surface area (Å²) in [4.78, 5) is 14.1. The second kappa shape index (κ2) is 5.85. The molecule has 0 atom stereocenters. The SMILES string of the molecule is CN(Cc1cccs1)C(=O)c1cc(C(F)(F)F)ccc1F. The average Bonchev–Trinajstić information content (AvgIpc) is 2.90. The molecule has 0 spiro atoms. The number of halogens is 4. The van der Waals surface area contributed by atoms with Crippen LogP contribution in [0.1, 0.15) is 20.8 Å². The molecule has 7 heteroatoms. The maximum Gasteiger partial charge on any atom is 0.416 e. The van der Waals surface area contributed by atoms with Gasteiger partial charge in [-0.3, -0.25) is 4.79 Å². The Bertz CT molecular complexity index is 637. The number of alkyl halides is 3. The number of carbonyl (C=O) groups is 1. The Balaban J connectivity index is 2.26. The van der Waals surface area contributed by atoms with Crippen molar-refractivity contribution in [3.63, 3.8) is 0 Å². The zero-order valence-corrected chi connectivity index (χ0v) is 11.8. The first kappa shape index (κ1) is 15.5. The molecule has 21 heavy (non-hydrogen) atoms. The number of thiophene rings is 1. The predicted octanol–water partition coefficient (Wildman–Crippen LogP) is 4.18. The topological polar surface area (TPSA) is 20.3 Å². The van der Waals surface area contributed by atoms with Gasteiger partial charge in [0.15, 0.2) is 0 Å². The number of hydrogen-bond donors (Lipinski definition) is 0. The Hall–Kier alpha value is -1.89. The lowest BCUT2D eigenvalue weighted by Gasteiger charge is -2.17. The summed E-state index contributed by atoms with van der Waals surface area (Å²) in [7, 11) is 1.42. The Morgan fingerprint density at radius 3 is 2.57 bits per heavy atom. The van der Waals surface area contributed by atoms with Gasteiger partial charge < -0.3 is 4.90 Å². The minimum absolute atomic E-state index is 0.214. The lowest BCUT2D eigenvalue weighted by Crippen LogP contribution is -2.27. The van der Waals surface area contributed by atoms with Crippen molar-refractivity contribution in [3.8, 4) is 0 Å². The Morgan fingerprint density at radius 2 is 2.00 bits per heavy atom. The van der Waals surface area contributed by atoms with Crippen LogP contribution in [0.2, 0.25) is 0 Å². The molecule has 2 aromatic rings. The van der Waals surface area contributed by atoms with Crippen LogP contribution in [-0.2, 0) is 12.7 Å². The highest BCUT2D eigenvalue weighted by molar-refractivity contribution is 7.09. The van der Waals surface area contributed by atoms with Gasteiger partial charge in [0.2, 0.25) is 0 Å². The van der Waals surface area contributed by atoms with Gasteiger partial charge >= 0.3 is 6.18 Å². The number of nitrogens with zero attached hydrogens (tertiary/aromatic N) is 1. The van der Waals surface area contributed by atoms with Gasteiger partial charge in [0.1, 0.15) is 5.82 Å². The van der Waals surface area contributed by atoms with Gasteiger partial charge in [-0.05, 0) is 29.6 Å². The van der Waals surface area contributed by atoms with Crippen LogP contribution in [0.25, 0.3) is 0 Å². The summed E-state index contributed by atoms with van der Waals surface area (Å²) in [6, 6.07) is 5.41. The van der Waals surface area contributed by atoms with Crippen molar-refractivity contribution in [1.82, 2.24) is 4.90 Å². The molecular formula is C14H11F4NOS. The fourth-order valence-corrected chi connectivity index (χ4v) is 2.54. The number of benzene rings is 1. The van der Waals surface area contributed by atoms with Gasteiger partial charge in [-0.1, -0.05) is 6.07 Å². The first-order valence-corrected chi connectivity index (χ1v) is 6.81. The van der Waals surface area contributed by atoms with Crippen LogP contribution in [0.4, 0.5) is 17.6 Å². The molecule has 2 rings (SSSR count). The van der Waals surface area contributed by atoms with E-state index in [-0.39, 0.29) is 6.54 Å². The molecule has 0 fully saturated rings. The van der Waals surface area contributed by atoms with Gasteiger partial charge in [-0.15, -0.1) is 11.3 Å². The minimum Gasteiger partial charge on any atom is -0.336 e. The van der Waals surface area contributed by atoms with Crippen molar-refractivity contribution in [2.45, 2.75) is 12.7 Å². The Morgan fingerprint density at radius 1 is 1.29 bits per heavy atom. The van der Waals surface area contributed by atoms with E-state index in [0.29, 0.717) is 18.2 Å². The van der Waals surface area contributed by atoms with E-state index in [0.717, 1.165) is 4.88 Å². The predicted molar refractivity (Wildman–Crippen MR) is 71.5 cm³/mol. The highest BCUT2D eigenvalue weighted by Gasteiger charge is 2.32. The molecule has 1 aromatic heterocycles. The van der Waals surface area contributed by atoms with Crippen molar-refractivity contribution >= 4 is 17.2 Å². The second-order valence-electron chi connectivity index (χ2n) is 4.43. The van der Waals surface area contributed by atoms with E-state index in [9.17, 15) is 22.4 Å². The minimum atomic E-state index is -4.62. The molecule has 0 aliphatic heterocycles. The fraction of sp³-hybridized carbons (Fsp3) is 0.214. The second-order valence-corrected chi connectivity index (χ2v) is 5.47. The fourth-order valence-electron chi connectivity index (χ4n) is 1.78. The third-order valence-electron chi connectivity index (χ3n) is 2.84. The van der Waals surface area contributed by atoms with E-state index in [4.69, 9.17) is 0 Å². The molecule has 2 nitrogen and oxygen atoms in total. The van der Waals surface area contributed by atoms with E-state index in [2.05, 4.69) is 0 Å². The zero-order valence-electron chi connectivity index (χ0n) is 10.9. The van der Waals surface area contributed by atoms with Crippen LogP contribution in [0.5, 0.6) is 0 Å². The van der Waals surface area contributed by atoms with Crippen molar-refractivity contribution in [2.24, 2.45) is 0 Å². The van der Waals surface area contributed by atoms with Gasteiger partial charge in [0.05, 0.1) is 17.7 Å². The summed E-state index contributed by atoms with van der Waals surface area (Å²) < 4.78 is 51.5. The first-order valence-electron chi connectivity index (χ1n) is 5.93. The summed E-state index contributed by atoms with van der Waals surface area (Å²) >= 11 is 1.41. The highest BCUT2D eigenvalue weighted by Crippen LogP contribution is 2.30. The summed E-state index contributed by atoms with van der Waals surface area (Å²) in [6.45, 7) is 0.214. The molecule has 0 radical (unpaired) electrons. The third-order valence-corrected chi connectivity index (χ3v) is 3.71. The van der Waals surface area contributed by atoms with Crippen molar-refractivity contribution in [3.05, 3.63) is 57.5 Å². The number of hydrogen-bond acceptors (Lipinski definition) is 2. The van der Waals surface area contributed by atoms with Crippen LogP contribution in [0.15, 0.2) is 35.7 Å². The van der Waals surface area contributed by atoms with Crippen LogP contribution in [0, 0.1) is 5.82 Å². The largest absolute Gasteiger partial charge is 0.416 e. The molecule has 0 aliphatic carbocycles. The van der Waals surface area contributed by atoms with E-state index in [1.54, 1.807) is 12.1 Å². The first-order chi connectivity index (χ1) is 9.79. The quantitative estimate of drug-likeness (QED) is 0.778. The molecule has 0 bridgehead atoms. The van der Waals surface area contributed by atoms with E-state index < -0.39 is 29.0 Å². The van der Waals surface area contributed by atoms with Crippen LogP contribution in [0.3, 0.4) is 0 Å². The molecule has 1 heterocycles. The summed E-state index contributed by atoms with van der Waals surface area (Å²) in [6.07, 6.45) is -4.62. The zero-order chi connectivity index (χ0) is 15.6. The molecule has 112 valence electrons. The summed E-state index contributed by atoms with van der Waals surface area (Å²) in [5.41, 5.74) is -1.62. The summed E-state index contributed by atoms with van der Waals surface area (Å²) in [5.74, 6) is -1.75. The molecule has 0 saturated carbocycles. The Kier molecular flexibility index (Phi) is 4.32. The third kappa shape index (κ3) is 3.60. The average molecular weight is 317 g/mol. The van der Waals surface area contributed by atoms with E-state index in [1.165, 1.54) is 23.3 Å². The van der Waals surface area contributed by atoms with Gasteiger partial charge in [0.25, 0.3) is 5.91 Å². The summed E-state index contributed by atoms with van der Waals surface area (Å²) in [5, 5.41) is 1.82. The van der Waals surface area contributed by atoms with Crippen LogP contribution in [-0.4, -0.2) is 17.9 Å². The maximum atomic E-state index is 13.6. The highest BCUT2D eigenvalue weighted by atomic mass is 32.1. The molecule has 0 N–H and O–H groups in total. The lowest BCUT2D eigenvalue weighted by molar-refractivity contribution is -0.137. The van der Waals surface area contributed by atoms with Crippen molar-refractivity contribution < 1.29 is 22.4 Å². The number of carbonyl (C=O) groups excluding carboxylic acids is 1. The van der Waals surface area contributed by atoms with Gasteiger partial charge in [0, 0.05) is 11.9 Å². The molecule has 1 aromatic carbocycles. The lowest BCUT2D eigenvalue weighted by atomic mass is 10.1. The van der Waals surface area contributed by atoms with E-state index >= 15 is 0 Å². The normalized spacial score (nSPS) is 11.5. The van der Waals surface area contributed by atoms with E-state index in [1.807, 2.05) is 5.38 Å². The maximum absolute atomic E-state index is 13.6. The monoisotopic (exact) mass is 317 g/mol. The van der Waals surface area contributed by atoms with Gasteiger partial charge in [-0.2, -0.15) is 13.2 Å². The van der Waals surface area contributed by atoms with Crippen LogP contribution >= 0.6 is 11.3 Å². The molecule has 0 unspecified atom stereocenters. The molecule has 1 amide bonds. The standard InChI is InChI=1S/C14H11F4NOS/c1-19(8-10-3-2-6-21-10)13(20)11-7-9(14(16,17)18)4-5-12(11)15/h2-7H,8H2,1H3. The van der Waals surface area contributed by atoms with Crippen molar-refractivity contribution in [2.75, 3.05) is 7.05 Å². The number of rotatable bonds is 3. The molecule has 0 saturated heterocycles.